The quantitative estimate of drug-likeness (QED) is 0.741. The largest absolute Gasteiger partial charge is 0.332 e. The molecule has 0 bridgehead atoms. The Balaban J connectivity index is 2.18. The lowest BCUT2D eigenvalue weighted by atomic mass is 9.80. The summed E-state index contributed by atoms with van der Waals surface area (Å²) in [7, 11) is 0. The number of rotatable bonds is 2. The van der Waals surface area contributed by atoms with E-state index in [1.54, 1.807) is 0 Å². The zero-order valence-electron chi connectivity index (χ0n) is 11.2. The molecule has 0 spiro atoms. The van der Waals surface area contributed by atoms with E-state index in [-0.39, 0.29) is 11.4 Å². The van der Waals surface area contributed by atoms with E-state index in [9.17, 15) is 4.79 Å². The fraction of sp³-hybridized carbons (Fsp3) is 0.353. The van der Waals surface area contributed by atoms with E-state index >= 15 is 0 Å². The van der Waals surface area contributed by atoms with Gasteiger partial charge in [0.2, 0.25) is 5.91 Å². The molecule has 1 aromatic rings. The number of amides is 1. The zero-order valence-corrected chi connectivity index (χ0v) is 11.2. The second kappa shape index (κ2) is 4.37. The summed E-state index contributed by atoms with van der Waals surface area (Å²) in [6, 6.07) is 8.16. The first-order chi connectivity index (χ1) is 9.19. The number of nitrogens with zero attached hydrogens (tertiary/aromatic N) is 1. The molecule has 0 N–H and O–H groups in total. The van der Waals surface area contributed by atoms with Crippen molar-refractivity contribution in [2.75, 3.05) is 6.54 Å². The van der Waals surface area contributed by atoms with Gasteiger partial charge in [0, 0.05) is 6.54 Å². The van der Waals surface area contributed by atoms with Crippen molar-refractivity contribution in [1.29, 1.82) is 0 Å². The monoisotopic (exact) mass is 253 g/mol. The van der Waals surface area contributed by atoms with Crippen LogP contribution in [-0.2, 0) is 11.2 Å². The minimum atomic E-state index is -0.231. The van der Waals surface area contributed by atoms with Crippen molar-refractivity contribution in [3.8, 4) is 0 Å². The fourth-order valence-electron chi connectivity index (χ4n) is 3.61. The second-order valence-corrected chi connectivity index (χ2v) is 5.49. The van der Waals surface area contributed by atoms with Gasteiger partial charge < -0.3 is 4.90 Å². The Bertz CT molecular complexity index is 560. The van der Waals surface area contributed by atoms with E-state index < -0.39 is 0 Å². The van der Waals surface area contributed by atoms with Crippen LogP contribution in [0.4, 0.5) is 0 Å². The van der Waals surface area contributed by atoms with Crippen LogP contribution in [0.15, 0.2) is 43.5 Å². The molecular weight excluding hydrogens is 234 g/mol. The van der Waals surface area contributed by atoms with Gasteiger partial charge in [-0.05, 0) is 36.0 Å². The maximum Gasteiger partial charge on any atom is 0.227 e. The molecule has 19 heavy (non-hydrogen) atoms. The molecule has 0 saturated carbocycles. The highest BCUT2D eigenvalue weighted by molar-refractivity contribution is 5.89. The van der Waals surface area contributed by atoms with Crippen LogP contribution < -0.4 is 0 Å². The van der Waals surface area contributed by atoms with Crippen molar-refractivity contribution < 1.29 is 4.79 Å². The van der Waals surface area contributed by atoms with Crippen molar-refractivity contribution in [3.05, 3.63) is 54.6 Å². The highest BCUT2D eigenvalue weighted by Crippen LogP contribution is 2.45. The third-order valence-corrected chi connectivity index (χ3v) is 4.52. The predicted molar refractivity (Wildman–Crippen MR) is 77.7 cm³/mol. The number of hydrogen-bond donors (Lipinski definition) is 0. The summed E-state index contributed by atoms with van der Waals surface area (Å²) in [6.07, 6.45) is 5.27. The van der Waals surface area contributed by atoms with Crippen LogP contribution in [0.1, 0.15) is 30.4 Å². The van der Waals surface area contributed by atoms with E-state index in [0.717, 1.165) is 42.5 Å². The van der Waals surface area contributed by atoms with E-state index in [1.807, 2.05) is 29.2 Å². The van der Waals surface area contributed by atoms with E-state index in [0.29, 0.717) is 6.42 Å². The Morgan fingerprint density at radius 1 is 1.37 bits per heavy atom. The first kappa shape index (κ1) is 12.2. The highest BCUT2D eigenvalue weighted by Gasteiger charge is 2.46. The number of fused-ring (bicyclic) bond motifs is 2. The summed E-state index contributed by atoms with van der Waals surface area (Å²) < 4.78 is 0. The average Bonchev–Trinajstić information content (AvgIpc) is 2.81. The molecule has 0 aliphatic carbocycles. The van der Waals surface area contributed by atoms with E-state index in [4.69, 9.17) is 0 Å². The molecule has 3 rings (SSSR count). The first-order valence-corrected chi connectivity index (χ1v) is 6.88. The standard InChI is InChI=1S/C17H19NO/c1-3-9-17-10-6-11-18(17)16(19)12-14-7-4-5-8-15(14)13(17)2/h3-5,7-8H,1-2,6,9-12H2/t17-/m0/s1. The fourth-order valence-corrected chi connectivity index (χ4v) is 3.61. The van der Waals surface area contributed by atoms with Gasteiger partial charge in [0.05, 0.1) is 12.0 Å². The number of benzene rings is 1. The Morgan fingerprint density at radius 2 is 2.16 bits per heavy atom. The Kier molecular flexibility index (Phi) is 2.81. The van der Waals surface area contributed by atoms with Gasteiger partial charge in [-0.1, -0.05) is 36.9 Å². The lowest BCUT2D eigenvalue weighted by Crippen LogP contribution is -2.46. The number of carbonyl (C=O) groups excluding carboxylic acids is 1. The molecule has 2 aliphatic heterocycles. The van der Waals surface area contributed by atoms with Gasteiger partial charge in [-0.2, -0.15) is 0 Å². The Labute approximate surface area is 114 Å². The maximum atomic E-state index is 12.5. The van der Waals surface area contributed by atoms with Gasteiger partial charge in [0.15, 0.2) is 0 Å². The topological polar surface area (TPSA) is 20.3 Å². The first-order valence-electron chi connectivity index (χ1n) is 6.88. The molecule has 1 amide bonds. The zero-order chi connectivity index (χ0) is 13.5. The van der Waals surface area contributed by atoms with Gasteiger partial charge in [-0.3, -0.25) is 4.79 Å². The summed E-state index contributed by atoms with van der Waals surface area (Å²) in [5.74, 6) is 0.227. The molecule has 2 nitrogen and oxygen atoms in total. The molecular formula is C17H19NO. The predicted octanol–water partition coefficient (Wildman–Crippen LogP) is 3.19. The van der Waals surface area contributed by atoms with E-state index in [1.165, 1.54) is 0 Å². The average molecular weight is 253 g/mol. The molecule has 1 saturated heterocycles. The third kappa shape index (κ3) is 1.66. The summed E-state index contributed by atoms with van der Waals surface area (Å²) in [4.78, 5) is 14.6. The molecule has 98 valence electrons. The normalized spacial score (nSPS) is 25.8. The smallest absolute Gasteiger partial charge is 0.227 e. The summed E-state index contributed by atoms with van der Waals surface area (Å²) in [5.41, 5.74) is 3.12. The van der Waals surface area contributed by atoms with Crippen LogP contribution in [0.25, 0.3) is 5.57 Å². The SMILES string of the molecule is C=CC[C@@]12CCCN1C(=O)Cc1ccccc1C2=C. The lowest BCUT2D eigenvalue weighted by molar-refractivity contribution is -0.132. The van der Waals surface area contributed by atoms with Crippen LogP contribution in [-0.4, -0.2) is 22.9 Å². The van der Waals surface area contributed by atoms with Gasteiger partial charge in [0.1, 0.15) is 0 Å². The van der Waals surface area contributed by atoms with E-state index in [2.05, 4.69) is 19.2 Å². The van der Waals surface area contributed by atoms with Crippen molar-refractivity contribution >= 4 is 11.5 Å². The van der Waals surface area contributed by atoms with Crippen LogP contribution >= 0.6 is 0 Å². The summed E-state index contributed by atoms with van der Waals surface area (Å²) >= 11 is 0. The molecule has 2 heterocycles. The second-order valence-electron chi connectivity index (χ2n) is 5.49. The molecule has 1 aromatic carbocycles. The third-order valence-electron chi connectivity index (χ3n) is 4.52. The molecule has 1 fully saturated rings. The van der Waals surface area contributed by atoms with Crippen LogP contribution in [0.3, 0.4) is 0 Å². The van der Waals surface area contributed by atoms with Crippen LogP contribution in [0.2, 0.25) is 0 Å². The molecule has 0 aromatic heterocycles. The van der Waals surface area contributed by atoms with Gasteiger partial charge in [-0.25, -0.2) is 0 Å². The van der Waals surface area contributed by atoms with Crippen molar-refractivity contribution in [2.24, 2.45) is 0 Å². The number of hydrogen-bond acceptors (Lipinski definition) is 1. The molecule has 0 unspecified atom stereocenters. The van der Waals surface area contributed by atoms with Crippen molar-refractivity contribution in [2.45, 2.75) is 31.2 Å². The van der Waals surface area contributed by atoms with Gasteiger partial charge in [-0.15, -0.1) is 6.58 Å². The van der Waals surface area contributed by atoms with Crippen molar-refractivity contribution in [3.63, 3.8) is 0 Å². The van der Waals surface area contributed by atoms with Gasteiger partial charge >= 0.3 is 0 Å². The Hall–Kier alpha value is -1.83. The minimum absolute atomic E-state index is 0.227. The Morgan fingerprint density at radius 3 is 2.95 bits per heavy atom. The van der Waals surface area contributed by atoms with Crippen LogP contribution in [0, 0.1) is 0 Å². The molecule has 2 heteroatoms. The van der Waals surface area contributed by atoms with Crippen LogP contribution in [0.5, 0.6) is 0 Å². The molecule has 2 aliphatic rings. The van der Waals surface area contributed by atoms with Gasteiger partial charge in [0.25, 0.3) is 0 Å². The molecule has 1 atom stereocenters. The summed E-state index contributed by atoms with van der Waals surface area (Å²) in [5, 5.41) is 0. The maximum absolute atomic E-state index is 12.5. The lowest BCUT2D eigenvalue weighted by Gasteiger charge is -2.38. The molecule has 0 radical (unpaired) electrons. The highest BCUT2D eigenvalue weighted by atomic mass is 16.2. The number of carbonyl (C=O) groups is 1. The minimum Gasteiger partial charge on any atom is -0.332 e. The summed E-state index contributed by atoms with van der Waals surface area (Å²) in [6.45, 7) is 9.07. The van der Waals surface area contributed by atoms with Crippen molar-refractivity contribution in [1.82, 2.24) is 4.90 Å².